The number of hydrogen-bond acceptors (Lipinski definition) is 4. The normalized spacial score (nSPS) is 11.3. The first kappa shape index (κ1) is 20.0. The van der Waals surface area contributed by atoms with E-state index in [2.05, 4.69) is 6.92 Å². The maximum absolute atomic E-state index is 13.1. The number of aryl methyl sites for hydroxylation is 3. The van der Waals surface area contributed by atoms with Crippen LogP contribution in [0.5, 0.6) is 5.75 Å². The molecule has 30 heavy (non-hydrogen) atoms. The summed E-state index contributed by atoms with van der Waals surface area (Å²) in [6, 6.07) is 13.1. The van der Waals surface area contributed by atoms with E-state index in [0.29, 0.717) is 16.9 Å². The summed E-state index contributed by atoms with van der Waals surface area (Å²) in [7, 11) is 1.96. The molecule has 0 unspecified atom stereocenters. The molecule has 5 heteroatoms. The van der Waals surface area contributed by atoms with Crippen molar-refractivity contribution in [3.8, 4) is 5.75 Å². The van der Waals surface area contributed by atoms with Gasteiger partial charge in [-0.15, -0.1) is 0 Å². The summed E-state index contributed by atoms with van der Waals surface area (Å²) in [5, 5.41) is 1.70. The second-order valence-corrected chi connectivity index (χ2v) is 7.73. The monoisotopic (exact) mass is 403 g/mol. The number of Topliss-reactive ketones (excluding diaryl/α,β-unsaturated/α-hetero) is 1. The van der Waals surface area contributed by atoms with E-state index < -0.39 is 0 Å². The largest absolute Gasteiger partial charge is 0.485 e. The molecule has 0 saturated heterocycles. The average Bonchev–Trinajstić information content (AvgIpc) is 2.96. The van der Waals surface area contributed by atoms with E-state index in [1.807, 2.05) is 61.9 Å². The van der Waals surface area contributed by atoms with Crippen molar-refractivity contribution < 1.29 is 13.9 Å². The lowest BCUT2D eigenvalue weighted by Crippen LogP contribution is -2.13. The van der Waals surface area contributed by atoms with Crippen LogP contribution in [0.15, 0.2) is 51.7 Å². The van der Waals surface area contributed by atoms with Gasteiger partial charge in [0.15, 0.2) is 6.61 Å². The quantitative estimate of drug-likeness (QED) is 0.331. The highest BCUT2D eigenvalue weighted by atomic mass is 16.5. The minimum atomic E-state index is -0.370. The van der Waals surface area contributed by atoms with Gasteiger partial charge in [-0.3, -0.25) is 4.79 Å². The van der Waals surface area contributed by atoms with Gasteiger partial charge in [0.1, 0.15) is 11.3 Å². The van der Waals surface area contributed by atoms with Gasteiger partial charge in [0.25, 0.3) is 0 Å². The maximum atomic E-state index is 13.1. The Morgan fingerprint density at radius 2 is 1.90 bits per heavy atom. The molecule has 2 aromatic heterocycles. The molecule has 0 fully saturated rings. The molecule has 2 aromatic carbocycles. The smallest absolute Gasteiger partial charge is 0.336 e. The Bertz CT molecular complexity index is 1330. The van der Waals surface area contributed by atoms with Gasteiger partial charge in [-0.05, 0) is 49.6 Å². The van der Waals surface area contributed by atoms with E-state index in [-0.39, 0.29) is 18.0 Å². The summed E-state index contributed by atoms with van der Waals surface area (Å²) in [6.45, 7) is 5.83. The van der Waals surface area contributed by atoms with Crippen molar-refractivity contribution in [1.29, 1.82) is 0 Å². The van der Waals surface area contributed by atoms with Crippen molar-refractivity contribution in [2.75, 3.05) is 6.61 Å². The molecule has 0 aliphatic carbocycles. The standard InChI is InChI=1S/C25H25NO4/c1-5-8-17-13-23(28)30-22-12-15(2)11-21(25(17)22)29-14-20(27)24-16(3)26(4)19-10-7-6-9-18(19)24/h6-7,9-13H,5,8,14H2,1-4H3. The maximum Gasteiger partial charge on any atom is 0.336 e. The number of carbonyl (C=O) groups is 1. The zero-order chi connectivity index (χ0) is 21.4. The van der Waals surface area contributed by atoms with E-state index in [0.717, 1.165) is 46.0 Å². The molecule has 2 heterocycles. The molecule has 0 saturated carbocycles. The van der Waals surface area contributed by atoms with Gasteiger partial charge < -0.3 is 13.7 Å². The molecule has 4 aromatic rings. The van der Waals surface area contributed by atoms with Crippen LogP contribution < -0.4 is 10.4 Å². The summed E-state index contributed by atoms with van der Waals surface area (Å²) in [5.41, 5.74) is 4.53. The molecule has 0 aliphatic heterocycles. The first-order chi connectivity index (χ1) is 14.4. The minimum Gasteiger partial charge on any atom is -0.485 e. The van der Waals surface area contributed by atoms with Gasteiger partial charge in [-0.1, -0.05) is 31.5 Å². The van der Waals surface area contributed by atoms with Gasteiger partial charge in [0.05, 0.1) is 5.39 Å². The Labute approximate surface area is 174 Å². The number of benzene rings is 2. The molecule has 0 bridgehead atoms. The van der Waals surface area contributed by atoms with E-state index in [1.165, 1.54) is 6.07 Å². The molecule has 5 nitrogen and oxygen atoms in total. The number of nitrogens with zero attached hydrogens (tertiary/aromatic N) is 1. The lowest BCUT2D eigenvalue weighted by molar-refractivity contribution is 0.0923. The van der Waals surface area contributed by atoms with Crippen LogP contribution in [0.4, 0.5) is 0 Å². The average molecular weight is 403 g/mol. The van der Waals surface area contributed by atoms with E-state index in [1.54, 1.807) is 0 Å². The molecule has 0 spiro atoms. The number of aromatic nitrogens is 1. The highest BCUT2D eigenvalue weighted by Gasteiger charge is 2.20. The summed E-state index contributed by atoms with van der Waals surface area (Å²) in [5.74, 6) is 0.497. The van der Waals surface area contributed by atoms with Gasteiger partial charge in [-0.2, -0.15) is 0 Å². The highest BCUT2D eigenvalue weighted by Crippen LogP contribution is 2.31. The first-order valence-corrected chi connectivity index (χ1v) is 10.2. The molecule has 0 radical (unpaired) electrons. The number of rotatable bonds is 6. The number of ketones is 1. The van der Waals surface area contributed by atoms with Crippen molar-refractivity contribution in [3.05, 3.63) is 75.3 Å². The lowest BCUT2D eigenvalue weighted by atomic mass is 10.0. The second-order valence-electron chi connectivity index (χ2n) is 7.73. The number of para-hydroxylation sites is 1. The highest BCUT2D eigenvalue weighted by molar-refractivity contribution is 6.10. The van der Waals surface area contributed by atoms with Crippen LogP contribution in [0.2, 0.25) is 0 Å². The fourth-order valence-corrected chi connectivity index (χ4v) is 4.14. The molecular formula is C25H25NO4. The SMILES string of the molecule is CCCc1cc(=O)oc2cc(C)cc(OCC(=O)c3c(C)n(C)c4ccccc34)c12. The Kier molecular flexibility index (Phi) is 5.20. The predicted molar refractivity (Wildman–Crippen MR) is 119 cm³/mol. The van der Waals surface area contributed by atoms with Crippen molar-refractivity contribution >= 4 is 27.7 Å². The van der Waals surface area contributed by atoms with E-state index in [9.17, 15) is 9.59 Å². The van der Waals surface area contributed by atoms with Crippen molar-refractivity contribution in [2.45, 2.75) is 33.6 Å². The molecule has 0 atom stereocenters. The Balaban J connectivity index is 1.73. The van der Waals surface area contributed by atoms with E-state index >= 15 is 0 Å². The number of hydrogen-bond donors (Lipinski definition) is 0. The van der Waals surface area contributed by atoms with Crippen molar-refractivity contribution in [3.63, 3.8) is 0 Å². The van der Waals surface area contributed by atoms with Gasteiger partial charge in [0.2, 0.25) is 5.78 Å². The molecule has 0 aliphatic rings. The fraction of sp³-hybridized carbons (Fsp3) is 0.280. The Morgan fingerprint density at radius 1 is 1.13 bits per heavy atom. The minimum absolute atomic E-state index is 0.0756. The summed E-state index contributed by atoms with van der Waals surface area (Å²) in [4.78, 5) is 25.1. The van der Waals surface area contributed by atoms with Crippen molar-refractivity contribution in [2.24, 2.45) is 7.05 Å². The van der Waals surface area contributed by atoms with Crippen LogP contribution >= 0.6 is 0 Å². The number of ether oxygens (including phenoxy) is 1. The summed E-state index contributed by atoms with van der Waals surface area (Å²) in [6.07, 6.45) is 1.62. The van der Waals surface area contributed by atoms with Crippen LogP contribution in [0.1, 0.15) is 40.5 Å². The van der Waals surface area contributed by atoms with Crippen LogP contribution in [0.25, 0.3) is 21.9 Å². The van der Waals surface area contributed by atoms with Crippen LogP contribution in [0.3, 0.4) is 0 Å². The number of fused-ring (bicyclic) bond motifs is 2. The van der Waals surface area contributed by atoms with Gasteiger partial charge in [-0.25, -0.2) is 4.79 Å². The topological polar surface area (TPSA) is 61.4 Å². The summed E-state index contributed by atoms with van der Waals surface area (Å²) >= 11 is 0. The van der Waals surface area contributed by atoms with Crippen molar-refractivity contribution in [1.82, 2.24) is 4.57 Å². The predicted octanol–water partition coefficient (Wildman–Crippen LogP) is 5.12. The molecule has 4 rings (SSSR count). The number of carbonyl (C=O) groups excluding carboxylic acids is 1. The van der Waals surface area contributed by atoms with Crippen LogP contribution in [-0.4, -0.2) is 17.0 Å². The molecule has 154 valence electrons. The van der Waals surface area contributed by atoms with E-state index in [4.69, 9.17) is 9.15 Å². The van der Waals surface area contributed by atoms with Crippen LogP contribution in [0, 0.1) is 13.8 Å². The van der Waals surface area contributed by atoms with Gasteiger partial charge >= 0.3 is 5.63 Å². The zero-order valence-corrected chi connectivity index (χ0v) is 17.7. The third-order valence-electron chi connectivity index (χ3n) is 5.59. The zero-order valence-electron chi connectivity index (χ0n) is 17.7. The Hall–Kier alpha value is -3.34. The summed E-state index contributed by atoms with van der Waals surface area (Å²) < 4.78 is 13.5. The van der Waals surface area contributed by atoms with Gasteiger partial charge in [0, 0.05) is 35.3 Å². The Morgan fingerprint density at radius 3 is 2.67 bits per heavy atom. The third-order valence-corrected chi connectivity index (χ3v) is 5.59. The van der Waals surface area contributed by atoms with Crippen LogP contribution in [-0.2, 0) is 13.5 Å². The molecular weight excluding hydrogens is 378 g/mol. The second kappa shape index (κ2) is 7.82. The molecule has 0 amide bonds. The third kappa shape index (κ3) is 3.41. The lowest BCUT2D eigenvalue weighted by Gasteiger charge is -2.13. The molecule has 0 N–H and O–H groups in total. The fourth-order valence-electron chi connectivity index (χ4n) is 4.14. The first-order valence-electron chi connectivity index (χ1n) is 10.2.